The van der Waals surface area contributed by atoms with Gasteiger partial charge in [0.25, 0.3) is 0 Å². The molecule has 6 atom stereocenters. The Morgan fingerprint density at radius 2 is 1.41 bits per heavy atom. The number of ether oxygens (including phenoxy) is 2. The van der Waals surface area contributed by atoms with Crippen LogP contribution in [0.4, 0.5) is 0 Å². The van der Waals surface area contributed by atoms with Crippen LogP contribution in [0, 0.1) is 11.8 Å². The maximum atomic E-state index is 13.2. The number of carbonyl (C=O) groups is 3. The van der Waals surface area contributed by atoms with Crippen molar-refractivity contribution in [3.05, 3.63) is 11.6 Å². The zero-order valence-electron chi connectivity index (χ0n) is 27.1. The first-order chi connectivity index (χ1) is 17.6. The van der Waals surface area contributed by atoms with Gasteiger partial charge in [-0.3, -0.25) is 14.4 Å². The van der Waals surface area contributed by atoms with Gasteiger partial charge in [0.15, 0.2) is 29.0 Å². The smallest absolute Gasteiger partial charge is 0.314 e. The monoisotopic (exact) mass is 584 g/mol. The van der Waals surface area contributed by atoms with E-state index in [1.807, 2.05) is 13.0 Å². The minimum absolute atomic E-state index is 0.0214. The van der Waals surface area contributed by atoms with Gasteiger partial charge in [-0.15, -0.1) is 0 Å². The molecule has 0 aliphatic carbocycles. The number of ketones is 1. The van der Waals surface area contributed by atoms with Crippen LogP contribution in [-0.2, 0) is 32.7 Å². The Morgan fingerprint density at radius 3 is 1.87 bits per heavy atom. The van der Waals surface area contributed by atoms with Crippen molar-refractivity contribution < 1.29 is 32.7 Å². The second-order valence-electron chi connectivity index (χ2n) is 14.5. The van der Waals surface area contributed by atoms with Crippen molar-refractivity contribution in [2.24, 2.45) is 11.8 Å². The number of cyclic esters (lactones) is 1. The summed E-state index contributed by atoms with van der Waals surface area (Å²) in [6.45, 7) is 28.1. The van der Waals surface area contributed by atoms with Crippen molar-refractivity contribution in [2.45, 2.75) is 142 Å². The molecule has 0 aromatic heterocycles. The fourth-order valence-corrected chi connectivity index (χ4v) is 7.26. The van der Waals surface area contributed by atoms with E-state index in [0.717, 1.165) is 5.57 Å². The predicted molar refractivity (Wildman–Crippen MR) is 162 cm³/mol. The lowest BCUT2D eigenvalue weighted by Gasteiger charge is -2.47. The predicted octanol–water partition coefficient (Wildman–Crippen LogP) is 6.86. The highest BCUT2D eigenvalue weighted by atomic mass is 28.4. The molecule has 0 spiro atoms. The Kier molecular flexibility index (Phi) is 12.6. The van der Waals surface area contributed by atoms with Crippen molar-refractivity contribution in [2.75, 3.05) is 7.11 Å². The molecule has 1 rings (SSSR count). The van der Waals surface area contributed by atoms with Gasteiger partial charge in [0.2, 0.25) is 0 Å². The van der Waals surface area contributed by atoms with Crippen LogP contribution < -0.4 is 0 Å². The SMILES string of the molecule is COC1/C=C(/C)CC(C=O)OC(=O)CC(=O)C[C@H](O[Si](C)(C)C(C)(C)C)[C@@H](C)[C@H](O[Si](C)(C)C(C)(C)C)[C@@H]1C. The van der Waals surface area contributed by atoms with Crippen LogP contribution in [0.1, 0.15) is 81.6 Å². The number of esters is 1. The highest BCUT2D eigenvalue weighted by Gasteiger charge is 2.47. The summed E-state index contributed by atoms with van der Waals surface area (Å²) < 4.78 is 25.4. The van der Waals surface area contributed by atoms with Gasteiger partial charge in [0, 0.05) is 31.8 Å². The summed E-state index contributed by atoms with van der Waals surface area (Å²) in [5.41, 5.74) is 0.870. The molecule has 0 N–H and O–H groups in total. The van der Waals surface area contributed by atoms with E-state index in [1.165, 1.54) is 0 Å². The van der Waals surface area contributed by atoms with Crippen molar-refractivity contribution in [3.8, 4) is 0 Å². The normalized spacial score (nSPS) is 30.7. The molecule has 0 saturated carbocycles. The van der Waals surface area contributed by atoms with Crippen LogP contribution in [0.2, 0.25) is 36.3 Å². The fourth-order valence-electron chi connectivity index (χ4n) is 4.38. The summed E-state index contributed by atoms with van der Waals surface area (Å²) in [4.78, 5) is 37.5. The number of carbonyl (C=O) groups excluding carboxylic acids is 3. The van der Waals surface area contributed by atoms with Gasteiger partial charge in [-0.25, -0.2) is 0 Å². The largest absolute Gasteiger partial charge is 0.454 e. The first-order valence-corrected chi connectivity index (χ1v) is 20.1. The number of aldehydes is 1. The van der Waals surface area contributed by atoms with Crippen molar-refractivity contribution in [1.82, 2.24) is 0 Å². The molecular formula is C30H56O7Si2. The third kappa shape index (κ3) is 10.0. The third-order valence-corrected chi connectivity index (χ3v) is 18.1. The van der Waals surface area contributed by atoms with Crippen LogP contribution in [0.3, 0.4) is 0 Å². The zero-order chi connectivity index (χ0) is 30.6. The highest BCUT2D eigenvalue weighted by molar-refractivity contribution is 6.74. The van der Waals surface area contributed by atoms with Gasteiger partial charge < -0.3 is 18.3 Å². The number of rotatable bonds is 6. The van der Waals surface area contributed by atoms with Gasteiger partial charge in [0.1, 0.15) is 12.2 Å². The summed E-state index contributed by atoms with van der Waals surface area (Å²) in [5, 5.41) is -0.0896. The Hall–Kier alpha value is -1.14. The standard InChI is InChI=1S/C30H56O7Si2/c1-20-15-24(19-31)35-27(33)18-23(32)17-26(36-38(11,12)29(4,5)6)22(3)28(21(2)25(16-20)34-10)37-39(13,14)30(7,8)9/h16,19,21-22,24-26,28H,15,17-18H2,1-14H3/b20-16-/t21-,22-,24?,25?,26+,28-/m1/s1. The summed E-state index contributed by atoms with van der Waals surface area (Å²) in [7, 11) is -2.86. The first kappa shape index (κ1) is 35.9. The van der Waals surface area contributed by atoms with Crippen LogP contribution >= 0.6 is 0 Å². The van der Waals surface area contributed by atoms with Gasteiger partial charge in [-0.2, -0.15) is 0 Å². The number of hydrogen-bond donors (Lipinski definition) is 0. The average Bonchev–Trinajstić information content (AvgIpc) is 2.76. The van der Waals surface area contributed by atoms with Gasteiger partial charge >= 0.3 is 5.97 Å². The lowest BCUT2D eigenvalue weighted by Crippen LogP contribution is -2.53. The van der Waals surface area contributed by atoms with E-state index >= 15 is 0 Å². The molecule has 9 heteroatoms. The number of methoxy groups -OCH3 is 1. The van der Waals surface area contributed by atoms with Crippen LogP contribution in [0.5, 0.6) is 0 Å². The lowest BCUT2D eigenvalue weighted by atomic mass is 9.83. The molecular weight excluding hydrogens is 528 g/mol. The van der Waals surface area contributed by atoms with E-state index in [1.54, 1.807) is 7.11 Å². The molecule has 2 unspecified atom stereocenters. The van der Waals surface area contributed by atoms with Crippen molar-refractivity contribution in [1.29, 1.82) is 0 Å². The summed E-state index contributed by atoms with van der Waals surface area (Å²) in [6, 6.07) is 0. The van der Waals surface area contributed by atoms with Gasteiger partial charge in [-0.1, -0.05) is 67.0 Å². The zero-order valence-corrected chi connectivity index (χ0v) is 29.1. The molecule has 226 valence electrons. The first-order valence-electron chi connectivity index (χ1n) is 14.3. The second-order valence-corrected chi connectivity index (χ2v) is 24.0. The second kappa shape index (κ2) is 13.7. The molecule has 0 bridgehead atoms. The summed E-state index contributed by atoms with van der Waals surface area (Å²) in [6.07, 6.45) is 0.584. The Morgan fingerprint density at radius 1 is 0.897 bits per heavy atom. The molecule has 39 heavy (non-hydrogen) atoms. The van der Waals surface area contributed by atoms with Crippen LogP contribution in [0.25, 0.3) is 0 Å². The van der Waals surface area contributed by atoms with Gasteiger partial charge in [-0.05, 0) is 43.2 Å². The van der Waals surface area contributed by atoms with E-state index < -0.39 is 34.8 Å². The highest BCUT2D eigenvalue weighted by Crippen LogP contribution is 2.43. The topological polar surface area (TPSA) is 88.1 Å². The molecule has 7 nitrogen and oxygen atoms in total. The molecule has 1 aliphatic rings. The fraction of sp³-hybridized carbons (Fsp3) is 0.833. The maximum Gasteiger partial charge on any atom is 0.314 e. The van der Waals surface area contributed by atoms with Crippen molar-refractivity contribution >= 4 is 34.7 Å². The third-order valence-electron chi connectivity index (χ3n) is 9.08. The summed E-state index contributed by atoms with van der Waals surface area (Å²) >= 11 is 0. The Bertz CT molecular complexity index is 883. The summed E-state index contributed by atoms with van der Waals surface area (Å²) in [5.74, 6) is -1.17. The maximum absolute atomic E-state index is 13.2. The molecule has 0 fully saturated rings. The van der Waals surface area contributed by atoms with E-state index in [2.05, 4.69) is 81.6 Å². The average molecular weight is 585 g/mol. The minimum Gasteiger partial charge on any atom is -0.454 e. The Balaban J connectivity index is 3.75. The van der Waals surface area contributed by atoms with E-state index in [9.17, 15) is 14.4 Å². The van der Waals surface area contributed by atoms with Gasteiger partial charge in [0.05, 0.1) is 18.3 Å². The minimum atomic E-state index is -2.29. The van der Waals surface area contributed by atoms with E-state index in [4.69, 9.17) is 18.3 Å². The van der Waals surface area contributed by atoms with Crippen LogP contribution in [0.15, 0.2) is 11.6 Å². The molecule has 0 amide bonds. The lowest BCUT2D eigenvalue weighted by molar-refractivity contribution is -0.153. The molecule has 0 radical (unpaired) electrons. The molecule has 1 aliphatic heterocycles. The van der Waals surface area contributed by atoms with E-state index in [0.29, 0.717) is 6.29 Å². The molecule has 0 saturated heterocycles. The molecule has 1 heterocycles. The number of hydrogen-bond acceptors (Lipinski definition) is 7. The van der Waals surface area contributed by atoms with Crippen molar-refractivity contribution in [3.63, 3.8) is 0 Å². The molecule has 0 aromatic rings. The Labute approximate surface area is 240 Å². The molecule has 0 aromatic carbocycles. The van der Waals surface area contributed by atoms with Crippen LogP contribution in [-0.4, -0.2) is 66.2 Å². The quantitative estimate of drug-likeness (QED) is 0.111. The van der Waals surface area contributed by atoms with E-state index in [-0.39, 0.29) is 59.2 Å². The number of Topliss-reactive ketones (excluding diaryl/α,β-unsaturated/α-hetero) is 1.